The first-order chi connectivity index (χ1) is 11.9. The molecular formula is C18H33N5O2. The molecule has 25 heavy (non-hydrogen) atoms. The molecule has 1 aliphatic heterocycles. The predicted molar refractivity (Wildman–Crippen MR) is 106 cm³/mol. The molecule has 2 rings (SSSR count). The van der Waals surface area contributed by atoms with Crippen molar-refractivity contribution in [1.29, 1.82) is 10.8 Å². The van der Waals surface area contributed by atoms with Crippen LogP contribution in [0.4, 0.5) is 0 Å². The molecule has 0 spiro atoms. The fourth-order valence-electron chi connectivity index (χ4n) is 1.46. The van der Waals surface area contributed by atoms with E-state index in [4.69, 9.17) is 20.3 Å². The summed E-state index contributed by atoms with van der Waals surface area (Å²) in [5.41, 5.74) is 5.57. The Morgan fingerprint density at radius 3 is 2.00 bits per heavy atom. The second kappa shape index (κ2) is 16.3. The number of rotatable bonds is 3. The summed E-state index contributed by atoms with van der Waals surface area (Å²) in [5, 5.41) is 12.3. The van der Waals surface area contributed by atoms with Gasteiger partial charge in [-0.05, 0) is 34.0 Å². The van der Waals surface area contributed by atoms with Crippen molar-refractivity contribution in [3.63, 3.8) is 0 Å². The van der Waals surface area contributed by atoms with Gasteiger partial charge in [0.25, 0.3) is 0 Å². The number of nitrogens with one attached hydrogen (secondary N) is 2. The fraction of sp³-hybridized carbons (Fsp3) is 0.444. The van der Waals surface area contributed by atoms with E-state index in [0.717, 1.165) is 24.4 Å². The summed E-state index contributed by atoms with van der Waals surface area (Å²) in [7, 11) is 7.70. The lowest BCUT2D eigenvalue weighted by molar-refractivity contribution is 0.172. The Balaban J connectivity index is 0. The van der Waals surface area contributed by atoms with Crippen LogP contribution >= 0.6 is 0 Å². The summed E-state index contributed by atoms with van der Waals surface area (Å²) in [6.07, 6.45) is 6.00. The molecule has 7 nitrogen and oxygen atoms in total. The monoisotopic (exact) mass is 351 g/mol. The highest BCUT2D eigenvalue weighted by Crippen LogP contribution is 2.35. The maximum atomic E-state index is 6.46. The molecule has 1 aliphatic rings. The summed E-state index contributed by atoms with van der Waals surface area (Å²) in [5.74, 6) is 1.76. The number of fused-ring (bicyclic) bond motifs is 1. The molecule has 0 saturated heterocycles. The third-order valence-corrected chi connectivity index (χ3v) is 2.56. The van der Waals surface area contributed by atoms with E-state index in [2.05, 4.69) is 16.7 Å². The van der Waals surface area contributed by atoms with Crippen molar-refractivity contribution in [3.8, 4) is 11.5 Å². The van der Waals surface area contributed by atoms with Crippen LogP contribution in [0.15, 0.2) is 30.4 Å². The zero-order valence-corrected chi connectivity index (χ0v) is 16.2. The van der Waals surface area contributed by atoms with E-state index in [9.17, 15) is 0 Å². The van der Waals surface area contributed by atoms with Crippen molar-refractivity contribution in [2.24, 2.45) is 5.73 Å². The van der Waals surface area contributed by atoms with Gasteiger partial charge in [0.1, 0.15) is 0 Å². The number of ether oxygens (including phenoxy) is 2. The molecule has 0 radical (unpaired) electrons. The van der Waals surface area contributed by atoms with Gasteiger partial charge in [0.2, 0.25) is 6.79 Å². The molecule has 0 unspecified atom stereocenters. The number of hydrogen-bond donors (Lipinski definition) is 3. The average Bonchev–Trinajstić information content (AvgIpc) is 3.05. The van der Waals surface area contributed by atoms with Gasteiger partial charge in [-0.25, -0.2) is 0 Å². The molecule has 0 fully saturated rings. The third-order valence-electron chi connectivity index (χ3n) is 2.56. The van der Waals surface area contributed by atoms with Crippen LogP contribution in [0, 0.1) is 10.8 Å². The molecular weight excluding hydrogens is 318 g/mol. The van der Waals surface area contributed by atoms with E-state index in [0.29, 0.717) is 6.79 Å². The zero-order chi connectivity index (χ0) is 19.7. The summed E-state index contributed by atoms with van der Waals surface area (Å²) in [4.78, 5) is 3.78. The van der Waals surface area contributed by atoms with Crippen LogP contribution in [0.1, 0.15) is 19.4 Å². The standard InChI is InChI=1S/C10H13NO2.C4H8.C3H8N2.CH4N2/c1-11(2)6-8-4-3-5-9-10(8)13-7-12-9;1-3-4-2;1-5(2)3-4;2-1-3/h3-5H,6-7H2,1-2H3;3-4H,1-2H3;3-4H,1-2H3;1H,(H3,2,3)/b;4-3-;;. The van der Waals surface area contributed by atoms with Gasteiger partial charge in [-0.2, -0.15) is 0 Å². The Morgan fingerprint density at radius 2 is 1.60 bits per heavy atom. The molecule has 1 aromatic rings. The Bertz CT molecular complexity index is 498. The van der Waals surface area contributed by atoms with E-state index < -0.39 is 0 Å². The van der Waals surface area contributed by atoms with Crippen LogP contribution in [0.25, 0.3) is 0 Å². The van der Waals surface area contributed by atoms with Crippen LogP contribution < -0.4 is 15.2 Å². The lowest BCUT2D eigenvalue weighted by Gasteiger charge is -2.11. The quantitative estimate of drug-likeness (QED) is 0.442. The summed E-state index contributed by atoms with van der Waals surface area (Å²) in [6.45, 7) is 5.23. The molecule has 0 saturated carbocycles. The smallest absolute Gasteiger partial charge is 0.231 e. The number of hydrogen-bond acceptors (Lipinski definition) is 5. The lowest BCUT2D eigenvalue weighted by atomic mass is 10.2. The molecule has 142 valence electrons. The molecule has 1 aromatic carbocycles. The second-order valence-corrected chi connectivity index (χ2v) is 5.31. The van der Waals surface area contributed by atoms with Crippen molar-refractivity contribution >= 4 is 12.7 Å². The Labute approximate surface area is 152 Å². The van der Waals surface area contributed by atoms with Crippen LogP contribution in [0.2, 0.25) is 0 Å². The molecule has 1 heterocycles. The van der Waals surface area contributed by atoms with Crippen LogP contribution in [0.3, 0.4) is 0 Å². The zero-order valence-electron chi connectivity index (χ0n) is 16.2. The second-order valence-electron chi connectivity index (χ2n) is 5.31. The average molecular weight is 351 g/mol. The molecule has 0 amide bonds. The minimum absolute atomic E-state index is 0.347. The summed E-state index contributed by atoms with van der Waals surface area (Å²) in [6, 6.07) is 5.99. The first-order valence-electron chi connectivity index (χ1n) is 7.85. The predicted octanol–water partition coefficient (Wildman–Crippen LogP) is 2.77. The lowest BCUT2D eigenvalue weighted by Crippen LogP contribution is -2.11. The number of para-hydroxylation sites is 1. The summed E-state index contributed by atoms with van der Waals surface area (Å²) >= 11 is 0. The van der Waals surface area contributed by atoms with Crippen LogP contribution in [-0.2, 0) is 6.54 Å². The number of nitrogens with zero attached hydrogens (tertiary/aromatic N) is 2. The highest BCUT2D eigenvalue weighted by molar-refractivity contribution is 5.49. The van der Waals surface area contributed by atoms with E-state index in [-0.39, 0.29) is 0 Å². The van der Waals surface area contributed by atoms with E-state index >= 15 is 0 Å². The Hall–Kier alpha value is -2.54. The van der Waals surface area contributed by atoms with Gasteiger partial charge in [-0.15, -0.1) is 0 Å². The van der Waals surface area contributed by atoms with E-state index in [1.54, 1.807) is 4.90 Å². The normalized spacial score (nSPS) is 10.5. The SMILES string of the molecule is C/C=C\C.CN(C)C=N.CN(C)Cc1cccc2c1OCO2.N=CN. The molecule has 7 heteroatoms. The number of nitrogens with two attached hydrogens (primary N) is 1. The Kier molecular flexibility index (Phi) is 16.1. The molecule has 0 bridgehead atoms. The third kappa shape index (κ3) is 13.6. The maximum Gasteiger partial charge on any atom is 0.231 e. The number of benzene rings is 1. The van der Waals surface area contributed by atoms with Gasteiger partial charge in [0.15, 0.2) is 11.5 Å². The highest BCUT2D eigenvalue weighted by Gasteiger charge is 2.16. The van der Waals surface area contributed by atoms with Gasteiger partial charge < -0.3 is 25.0 Å². The van der Waals surface area contributed by atoms with Gasteiger partial charge in [0.05, 0.1) is 12.7 Å². The van der Waals surface area contributed by atoms with Crippen LogP contribution in [-0.4, -0.2) is 57.5 Å². The van der Waals surface area contributed by atoms with E-state index in [1.807, 2.05) is 66.3 Å². The van der Waals surface area contributed by atoms with Gasteiger partial charge in [0, 0.05) is 26.2 Å². The van der Waals surface area contributed by atoms with E-state index in [1.165, 1.54) is 11.9 Å². The van der Waals surface area contributed by atoms with Crippen molar-refractivity contribution in [3.05, 3.63) is 35.9 Å². The van der Waals surface area contributed by atoms with Crippen molar-refractivity contribution in [2.75, 3.05) is 35.0 Å². The minimum atomic E-state index is 0.347. The number of allylic oxidation sites excluding steroid dienone is 2. The topological polar surface area (TPSA) is 98.7 Å². The first kappa shape index (κ1) is 24.7. The fourth-order valence-corrected chi connectivity index (χ4v) is 1.46. The maximum absolute atomic E-state index is 6.46. The largest absolute Gasteiger partial charge is 0.454 e. The van der Waals surface area contributed by atoms with Crippen LogP contribution in [0.5, 0.6) is 11.5 Å². The Morgan fingerprint density at radius 1 is 1.08 bits per heavy atom. The van der Waals surface area contributed by atoms with Crippen molar-refractivity contribution in [2.45, 2.75) is 20.4 Å². The molecule has 0 aromatic heterocycles. The molecule has 0 atom stereocenters. The van der Waals surface area contributed by atoms with Crippen molar-refractivity contribution in [1.82, 2.24) is 9.80 Å². The molecule has 0 aliphatic carbocycles. The summed E-state index contributed by atoms with van der Waals surface area (Å²) < 4.78 is 10.7. The molecule has 4 N–H and O–H groups in total. The van der Waals surface area contributed by atoms with Gasteiger partial charge in [-0.3, -0.25) is 10.8 Å². The first-order valence-corrected chi connectivity index (χ1v) is 7.85. The van der Waals surface area contributed by atoms with Gasteiger partial charge in [-0.1, -0.05) is 24.3 Å². The van der Waals surface area contributed by atoms with Crippen molar-refractivity contribution < 1.29 is 9.47 Å². The minimum Gasteiger partial charge on any atom is -0.454 e. The highest BCUT2D eigenvalue weighted by atomic mass is 16.7. The van der Waals surface area contributed by atoms with Gasteiger partial charge >= 0.3 is 0 Å².